The van der Waals surface area contributed by atoms with Crippen molar-refractivity contribution in [2.45, 2.75) is 26.7 Å². The maximum atomic E-state index is 8.35. The van der Waals surface area contributed by atoms with Gasteiger partial charge in [0.1, 0.15) is 0 Å². The van der Waals surface area contributed by atoms with Gasteiger partial charge in [-0.2, -0.15) is 0 Å². The molecule has 0 aromatic carbocycles. The molecule has 2 nitrogen and oxygen atoms in total. The number of fused-ring (bicyclic) bond motifs is 2. The Balaban J connectivity index is 0.000000225. The van der Waals surface area contributed by atoms with Crippen molar-refractivity contribution < 1.29 is 4.79 Å². The molecule has 0 radical (unpaired) electrons. The van der Waals surface area contributed by atoms with Crippen LogP contribution in [0.25, 0.3) is 0 Å². The third-order valence-corrected chi connectivity index (χ3v) is 2.17. The topological polar surface area (TPSA) is 40.9 Å². The first-order valence-corrected chi connectivity index (χ1v) is 3.59. The fraction of sp³-hybridized carbons (Fsp3) is 0.667. The Morgan fingerprint density at radius 1 is 1.27 bits per heavy atom. The van der Waals surface area contributed by atoms with Crippen LogP contribution < -0.4 is 0 Å². The van der Waals surface area contributed by atoms with Crippen LogP contribution in [0.4, 0.5) is 0 Å². The van der Waals surface area contributed by atoms with Crippen molar-refractivity contribution in [2.75, 3.05) is 0 Å². The molecular formula is C9H15NO. The molecule has 0 aliphatic heterocycles. The van der Waals surface area contributed by atoms with Crippen molar-refractivity contribution in [3.63, 3.8) is 0 Å². The number of allylic oxidation sites excluding steroid dienone is 2. The Morgan fingerprint density at radius 2 is 1.64 bits per heavy atom. The van der Waals surface area contributed by atoms with Gasteiger partial charge >= 0.3 is 0 Å². The van der Waals surface area contributed by atoms with Crippen LogP contribution in [-0.4, -0.2) is 6.08 Å². The van der Waals surface area contributed by atoms with Crippen LogP contribution in [0.1, 0.15) is 26.7 Å². The zero-order valence-corrected chi connectivity index (χ0v) is 5.84. The van der Waals surface area contributed by atoms with E-state index in [0.717, 1.165) is 17.9 Å². The fourth-order valence-electron chi connectivity index (χ4n) is 1.72. The van der Waals surface area contributed by atoms with Gasteiger partial charge < -0.3 is 0 Å². The second-order valence-corrected chi connectivity index (χ2v) is 2.82. The summed E-state index contributed by atoms with van der Waals surface area (Å²) in [7, 11) is 0. The molecule has 2 unspecified atom stereocenters. The lowest BCUT2D eigenvalue weighted by Crippen LogP contribution is -1.82. The highest BCUT2D eigenvalue weighted by Gasteiger charge is 2.25. The number of carbonyl (C=O) groups excluding carboxylic acids is 1. The lowest BCUT2D eigenvalue weighted by atomic mass is 10.1. The Kier molecular flexibility index (Phi) is 4.47. The molecule has 62 valence electrons. The van der Waals surface area contributed by atoms with Gasteiger partial charge in [0, 0.05) is 0 Å². The first kappa shape index (κ1) is 10.1. The van der Waals surface area contributed by atoms with Crippen molar-refractivity contribution in [3.05, 3.63) is 12.2 Å². The van der Waals surface area contributed by atoms with Crippen LogP contribution >= 0.6 is 0 Å². The quantitative estimate of drug-likeness (QED) is 0.324. The molecule has 0 amide bonds. The van der Waals surface area contributed by atoms with Gasteiger partial charge in [-0.05, 0) is 31.1 Å². The minimum absolute atomic E-state index is 0. The van der Waals surface area contributed by atoms with Gasteiger partial charge in [-0.3, -0.25) is 0 Å². The lowest BCUT2D eigenvalue weighted by Gasteiger charge is -1.96. The van der Waals surface area contributed by atoms with E-state index in [1.54, 1.807) is 0 Å². The van der Waals surface area contributed by atoms with E-state index >= 15 is 0 Å². The van der Waals surface area contributed by atoms with Crippen molar-refractivity contribution in [3.8, 4) is 0 Å². The molecule has 2 atom stereocenters. The average Bonchev–Trinajstić information content (AvgIpc) is 2.49. The van der Waals surface area contributed by atoms with Crippen molar-refractivity contribution in [1.82, 2.24) is 0 Å². The second kappa shape index (κ2) is 4.86. The Bertz CT molecular complexity index is 156. The average molecular weight is 153 g/mol. The van der Waals surface area contributed by atoms with Crippen molar-refractivity contribution >= 4 is 6.08 Å². The van der Waals surface area contributed by atoms with Crippen LogP contribution in [0, 0.1) is 17.2 Å². The monoisotopic (exact) mass is 153 g/mol. The van der Waals surface area contributed by atoms with E-state index < -0.39 is 0 Å². The molecule has 1 fully saturated rings. The minimum atomic E-state index is 0. The smallest absolute Gasteiger partial charge is 0.222 e. The van der Waals surface area contributed by atoms with Crippen LogP contribution in [0.15, 0.2) is 12.2 Å². The highest BCUT2D eigenvalue weighted by atomic mass is 16.1. The predicted molar refractivity (Wildman–Crippen MR) is 45.1 cm³/mol. The lowest BCUT2D eigenvalue weighted by molar-refractivity contribution is 0.563. The summed E-state index contributed by atoms with van der Waals surface area (Å²) in [5.41, 5.74) is 0. The van der Waals surface area contributed by atoms with Gasteiger partial charge in [-0.25, -0.2) is 10.2 Å². The Hall–Kier alpha value is -0.880. The van der Waals surface area contributed by atoms with Gasteiger partial charge in [0.25, 0.3) is 0 Å². The summed E-state index contributed by atoms with van der Waals surface area (Å²) in [6, 6.07) is 0. The van der Waals surface area contributed by atoms with E-state index in [0.29, 0.717) is 0 Å². The van der Waals surface area contributed by atoms with E-state index in [4.69, 9.17) is 10.2 Å². The summed E-state index contributed by atoms with van der Waals surface area (Å²) in [5.74, 6) is 1.98. The largest absolute Gasteiger partial charge is 0.231 e. The SMILES string of the molecule is C.C1=CC2CCC1C2.N=C=O. The molecular weight excluding hydrogens is 138 g/mol. The molecule has 0 spiro atoms. The molecule has 2 heteroatoms. The third kappa shape index (κ3) is 2.69. The summed E-state index contributed by atoms with van der Waals surface area (Å²) in [6.45, 7) is 0. The summed E-state index contributed by atoms with van der Waals surface area (Å²) in [6.07, 6.45) is 9.94. The molecule has 0 heterocycles. The molecule has 11 heavy (non-hydrogen) atoms. The van der Waals surface area contributed by atoms with Crippen molar-refractivity contribution in [1.29, 1.82) is 5.41 Å². The minimum Gasteiger partial charge on any atom is -0.222 e. The first-order valence-electron chi connectivity index (χ1n) is 3.59. The van der Waals surface area contributed by atoms with Gasteiger partial charge in [0.15, 0.2) is 0 Å². The van der Waals surface area contributed by atoms with E-state index in [9.17, 15) is 0 Å². The number of isocyanates is 1. The molecule has 2 bridgehead atoms. The zero-order valence-electron chi connectivity index (χ0n) is 5.84. The summed E-state index contributed by atoms with van der Waals surface area (Å²) >= 11 is 0. The Morgan fingerprint density at radius 3 is 1.73 bits per heavy atom. The maximum Gasteiger partial charge on any atom is 0.231 e. The van der Waals surface area contributed by atoms with E-state index in [2.05, 4.69) is 12.2 Å². The predicted octanol–water partition coefficient (Wildman–Crippen LogP) is 2.51. The molecule has 2 aliphatic carbocycles. The molecule has 1 saturated carbocycles. The standard InChI is InChI=1S/C7H10.CHNO.CH4/c1-2-7-4-3-6(1)5-7;2-1-3;/h1-2,6-7H,3-5H2;2H;1H4. The summed E-state index contributed by atoms with van der Waals surface area (Å²) in [4.78, 5) is 8.35. The number of nitrogens with one attached hydrogen (secondary N) is 1. The fourth-order valence-corrected chi connectivity index (χ4v) is 1.72. The number of hydrogen-bond donors (Lipinski definition) is 1. The normalized spacial score (nSPS) is 29.8. The molecule has 1 N–H and O–H groups in total. The number of hydrogen-bond acceptors (Lipinski definition) is 2. The van der Waals surface area contributed by atoms with Crippen molar-refractivity contribution in [2.24, 2.45) is 11.8 Å². The first-order chi connectivity index (χ1) is 4.86. The van der Waals surface area contributed by atoms with Crippen LogP contribution in [-0.2, 0) is 4.79 Å². The van der Waals surface area contributed by atoms with Gasteiger partial charge in [-0.1, -0.05) is 19.6 Å². The number of rotatable bonds is 0. The highest BCUT2D eigenvalue weighted by molar-refractivity contribution is 5.26. The van der Waals surface area contributed by atoms with Crippen LogP contribution in [0.5, 0.6) is 0 Å². The van der Waals surface area contributed by atoms with Crippen LogP contribution in [0.3, 0.4) is 0 Å². The molecule has 0 aromatic heterocycles. The van der Waals surface area contributed by atoms with Gasteiger partial charge in [-0.15, -0.1) is 0 Å². The molecule has 2 aliphatic rings. The van der Waals surface area contributed by atoms with Crippen LogP contribution in [0.2, 0.25) is 0 Å². The summed E-state index contributed by atoms with van der Waals surface area (Å²) in [5, 5.41) is 5.40. The third-order valence-electron chi connectivity index (χ3n) is 2.17. The second-order valence-electron chi connectivity index (χ2n) is 2.82. The summed E-state index contributed by atoms with van der Waals surface area (Å²) < 4.78 is 0. The molecule has 0 saturated heterocycles. The van der Waals surface area contributed by atoms with Gasteiger partial charge in [0.05, 0.1) is 0 Å². The molecule has 0 aromatic rings. The van der Waals surface area contributed by atoms with E-state index in [-0.39, 0.29) is 7.43 Å². The zero-order chi connectivity index (χ0) is 7.40. The maximum absolute atomic E-state index is 8.35. The van der Waals surface area contributed by atoms with E-state index in [1.807, 2.05) is 0 Å². The van der Waals surface area contributed by atoms with Gasteiger partial charge in [0.2, 0.25) is 6.08 Å². The van der Waals surface area contributed by atoms with E-state index in [1.165, 1.54) is 19.3 Å². The highest BCUT2D eigenvalue weighted by Crippen LogP contribution is 2.38. The molecule has 2 rings (SSSR count). The Labute approximate surface area is 67.8 Å².